The van der Waals surface area contributed by atoms with Crippen molar-refractivity contribution in [1.29, 1.82) is 0 Å². The summed E-state index contributed by atoms with van der Waals surface area (Å²) in [7, 11) is 0. The van der Waals surface area contributed by atoms with Crippen molar-refractivity contribution in [2.45, 2.75) is 25.5 Å². The molecule has 2 saturated heterocycles. The van der Waals surface area contributed by atoms with Crippen molar-refractivity contribution in [2.75, 3.05) is 49.1 Å². The standard InChI is InChI=1S/C19H25N7O3/c27-15-4-10-25(13-15)16-3-6-20-18(22-16)24-9-2-8-23(11-12-24)17(28)14-26-7-1-5-21-19(26)29/h1,3,5-7,15,27H,2,4,8-14H2. The van der Waals surface area contributed by atoms with Gasteiger partial charge in [0.05, 0.1) is 6.10 Å². The van der Waals surface area contributed by atoms with Gasteiger partial charge in [-0.1, -0.05) is 0 Å². The molecule has 2 aromatic rings. The van der Waals surface area contributed by atoms with Gasteiger partial charge in [-0.2, -0.15) is 4.98 Å². The Morgan fingerprint density at radius 1 is 1.10 bits per heavy atom. The van der Waals surface area contributed by atoms with Crippen LogP contribution in [0.15, 0.2) is 35.5 Å². The average molecular weight is 399 g/mol. The molecular weight excluding hydrogens is 374 g/mol. The monoisotopic (exact) mass is 399 g/mol. The topological polar surface area (TPSA) is 108 Å². The Labute approximate surface area is 168 Å². The van der Waals surface area contributed by atoms with E-state index in [1.807, 2.05) is 6.07 Å². The molecule has 0 bridgehead atoms. The largest absolute Gasteiger partial charge is 0.391 e. The van der Waals surface area contributed by atoms with Crippen molar-refractivity contribution in [3.8, 4) is 0 Å². The van der Waals surface area contributed by atoms with E-state index < -0.39 is 5.69 Å². The zero-order valence-corrected chi connectivity index (χ0v) is 16.2. The molecule has 0 saturated carbocycles. The maximum atomic E-state index is 12.6. The summed E-state index contributed by atoms with van der Waals surface area (Å²) in [4.78, 5) is 43.1. The molecule has 1 N–H and O–H groups in total. The molecule has 0 aliphatic carbocycles. The van der Waals surface area contributed by atoms with Crippen molar-refractivity contribution in [3.05, 3.63) is 41.2 Å². The molecule has 4 rings (SSSR count). The molecule has 0 radical (unpaired) electrons. The van der Waals surface area contributed by atoms with Crippen molar-refractivity contribution in [3.63, 3.8) is 0 Å². The molecule has 2 aliphatic heterocycles. The predicted molar refractivity (Wildman–Crippen MR) is 107 cm³/mol. The third-order valence-electron chi connectivity index (χ3n) is 5.34. The Hall–Kier alpha value is -3.01. The fourth-order valence-electron chi connectivity index (χ4n) is 3.74. The highest BCUT2D eigenvalue weighted by Crippen LogP contribution is 2.20. The molecule has 1 unspecified atom stereocenters. The lowest BCUT2D eigenvalue weighted by atomic mass is 10.3. The zero-order chi connectivity index (χ0) is 20.2. The first kappa shape index (κ1) is 19.3. The van der Waals surface area contributed by atoms with E-state index in [9.17, 15) is 14.7 Å². The first-order chi connectivity index (χ1) is 14.1. The summed E-state index contributed by atoms with van der Waals surface area (Å²) in [5, 5.41) is 9.76. The summed E-state index contributed by atoms with van der Waals surface area (Å²) in [6, 6.07) is 3.50. The van der Waals surface area contributed by atoms with E-state index in [1.165, 1.54) is 10.8 Å². The second-order valence-corrected chi connectivity index (χ2v) is 7.35. The Bertz CT molecular complexity index is 918. The normalized spacial score (nSPS) is 20.0. The molecule has 154 valence electrons. The second kappa shape index (κ2) is 8.56. The summed E-state index contributed by atoms with van der Waals surface area (Å²) < 4.78 is 1.32. The number of β-amino-alcohol motifs (C(OH)–C–C–N with tert-alkyl or cyclic N) is 1. The van der Waals surface area contributed by atoms with Gasteiger partial charge in [0, 0.05) is 57.9 Å². The first-order valence-electron chi connectivity index (χ1n) is 9.90. The molecule has 4 heterocycles. The minimum absolute atomic E-state index is 0.00402. The number of carbonyl (C=O) groups excluding carboxylic acids is 1. The number of amides is 1. The van der Waals surface area contributed by atoms with Gasteiger partial charge in [0.25, 0.3) is 0 Å². The lowest BCUT2D eigenvalue weighted by molar-refractivity contribution is -0.131. The van der Waals surface area contributed by atoms with Crippen LogP contribution in [0.3, 0.4) is 0 Å². The molecule has 10 heteroatoms. The SMILES string of the molecule is O=C(Cn1cccnc1=O)N1CCCN(c2nccc(N3CCC(O)C3)n2)CC1. The number of nitrogens with zero attached hydrogens (tertiary/aromatic N) is 7. The molecule has 10 nitrogen and oxygen atoms in total. The molecule has 2 aromatic heterocycles. The van der Waals surface area contributed by atoms with Crippen molar-refractivity contribution in [1.82, 2.24) is 24.4 Å². The highest BCUT2D eigenvalue weighted by atomic mass is 16.3. The number of aliphatic hydroxyl groups is 1. The highest BCUT2D eigenvalue weighted by molar-refractivity contribution is 5.76. The fraction of sp³-hybridized carbons (Fsp3) is 0.526. The van der Waals surface area contributed by atoms with Gasteiger partial charge in [-0.15, -0.1) is 0 Å². The quantitative estimate of drug-likeness (QED) is 0.722. The Kier molecular flexibility index (Phi) is 5.70. The van der Waals surface area contributed by atoms with Crippen LogP contribution in [-0.2, 0) is 11.3 Å². The summed E-state index contributed by atoms with van der Waals surface area (Å²) >= 11 is 0. The van der Waals surface area contributed by atoms with Gasteiger partial charge in [-0.25, -0.2) is 14.8 Å². The van der Waals surface area contributed by atoms with E-state index in [0.717, 1.165) is 31.7 Å². The van der Waals surface area contributed by atoms with E-state index in [4.69, 9.17) is 0 Å². The summed E-state index contributed by atoms with van der Waals surface area (Å²) in [5.74, 6) is 1.36. The number of rotatable bonds is 4. The van der Waals surface area contributed by atoms with Gasteiger partial charge < -0.3 is 19.8 Å². The lowest BCUT2D eigenvalue weighted by Gasteiger charge is -2.23. The van der Waals surface area contributed by atoms with Crippen LogP contribution in [0.25, 0.3) is 0 Å². The first-order valence-corrected chi connectivity index (χ1v) is 9.90. The van der Waals surface area contributed by atoms with Crippen molar-refractivity contribution in [2.24, 2.45) is 0 Å². The van der Waals surface area contributed by atoms with Crippen LogP contribution in [0.1, 0.15) is 12.8 Å². The third kappa shape index (κ3) is 4.53. The summed E-state index contributed by atoms with van der Waals surface area (Å²) in [5.41, 5.74) is -0.422. The molecule has 0 aromatic carbocycles. The average Bonchev–Trinajstić information content (AvgIpc) is 3.01. The number of hydrogen-bond acceptors (Lipinski definition) is 8. The number of aromatic nitrogens is 4. The maximum Gasteiger partial charge on any atom is 0.347 e. The minimum atomic E-state index is -0.422. The van der Waals surface area contributed by atoms with E-state index in [0.29, 0.717) is 32.1 Å². The summed E-state index contributed by atoms with van der Waals surface area (Å²) in [6.45, 7) is 3.92. The molecule has 2 fully saturated rings. The molecule has 1 atom stereocenters. The van der Waals surface area contributed by atoms with Gasteiger partial charge in [-0.3, -0.25) is 9.36 Å². The van der Waals surface area contributed by atoms with Crippen molar-refractivity contribution >= 4 is 17.7 Å². The van der Waals surface area contributed by atoms with Gasteiger partial charge >= 0.3 is 5.69 Å². The van der Waals surface area contributed by atoms with Crippen LogP contribution in [-0.4, -0.2) is 80.8 Å². The van der Waals surface area contributed by atoms with Gasteiger partial charge in [0.1, 0.15) is 12.4 Å². The van der Waals surface area contributed by atoms with Crippen LogP contribution in [0, 0.1) is 0 Å². The Balaban J connectivity index is 1.39. The van der Waals surface area contributed by atoms with Gasteiger partial charge in [0.15, 0.2) is 0 Å². The van der Waals surface area contributed by atoms with E-state index >= 15 is 0 Å². The Morgan fingerprint density at radius 3 is 2.79 bits per heavy atom. The number of carbonyl (C=O) groups is 1. The molecular formula is C19H25N7O3. The molecule has 0 spiro atoms. The number of anilines is 2. The van der Waals surface area contributed by atoms with E-state index in [1.54, 1.807) is 23.4 Å². The summed E-state index contributed by atoms with van der Waals surface area (Å²) in [6.07, 6.45) is 5.98. The maximum absolute atomic E-state index is 12.6. The van der Waals surface area contributed by atoms with Crippen LogP contribution in [0.5, 0.6) is 0 Å². The van der Waals surface area contributed by atoms with E-state index in [2.05, 4.69) is 24.8 Å². The highest BCUT2D eigenvalue weighted by Gasteiger charge is 2.24. The second-order valence-electron chi connectivity index (χ2n) is 7.35. The van der Waals surface area contributed by atoms with Crippen LogP contribution >= 0.6 is 0 Å². The molecule has 29 heavy (non-hydrogen) atoms. The van der Waals surface area contributed by atoms with Gasteiger partial charge in [0.2, 0.25) is 11.9 Å². The Morgan fingerprint density at radius 2 is 2.00 bits per heavy atom. The number of aliphatic hydroxyl groups excluding tert-OH is 1. The molecule has 2 aliphatic rings. The van der Waals surface area contributed by atoms with Gasteiger partial charge in [-0.05, 0) is 25.0 Å². The van der Waals surface area contributed by atoms with Crippen LogP contribution in [0.4, 0.5) is 11.8 Å². The van der Waals surface area contributed by atoms with Crippen LogP contribution in [0.2, 0.25) is 0 Å². The van der Waals surface area contributed by atoms with Crippen LogP contribution < -0.4 is 15.5 Å². The van der Waals surface area contributed by atoms with E-state index in [-0.39, 0.29) is 18.6 Å². The van der Waals surface area contributed by atoms with Crippen molar-refractivity contribution < 1.29 is 9.90 Å². The zero-order valence-electron chi connectivity index (χ0n) is 16.2. The lowest BCUT2D eigenvalue weighted by Crippen LogP contribution is -2.39. The predicted octanol–water partition coefficient (Wildman–Crippen LogP) is -0.657. The number of hydrogen-bond donors (Lipinski definition) is 1. The smallest absolute Gasteiger partial charge is 0.347 e. The minimum Gasteiger partial charge on any atom is -0.391 e. The third-order valence-corrected chi connectivity index (χ3v) is 5.34. The fourth-order valence-corrected chi connectivity index (χ4v) is 3.74. The molecule has 1 amide bonds.